The molecule has 0 aliphatic rings. The number of phosphoric acid groups is 2. The van der Waals surface area contributed by atoms with Crippen molar-refractivity contribution < 1.29 is 80.2 Å². The van der Waals surface area contributed by atoms with Gasteiger partial charge in [-0.2, -0.15) is 0 Å². The number of rotatable bonds is 91. The monoisotopic (exact) mass is 1590 g/mol. The van der Waals surface area contributed by atoms with Gasteiger partial charge in [0.15, 0.2) is 12.2 Å². The normalized spacial score (nSPS) is 13.6. The molecule has 109 heavy (non-hydrogen) atoms. The Morgan fingerprint density at radius 3 is 0.541 bits per heavy atom. The quantitative estimate of drug-likeness (QED) is 0.0222. The highest BCUT2D eigenvalue weighted by molar-refractivity contribution is 7.47. The Bertz CT molecular complexity index is 2050. The number of aliphatic hydroxyl groups excluding tert-OH is 1. The van der Waals surface area contributed by atoms with Crippen molar-refractivity contribution in [3.05, 3.63) is 0 Å². The summed E-state index contributed by atoms with van der Waals surface area (Å²) < 4.78 is 69.1. The molecule has 0 spiro atoms. The van der Waals surface area contributed by atoms with Gasteiger partial charge in [-0.05, 0) is 25.7 Å². The highest BCUT2D eigenvalue weighted by Gasteiger charge is 2.30. The van der Waals surface area contributed by atoms with E-state index < -0.39 is 97.5 Å². The lowest BCUT2D eigenvalue weighted by Gasteiger charge is -2.21. The Balaban J connectivity index is 5.25. The first-order valence-electron chi connectivity index (χ1n) is 46.8. The van der Waals surface area contributed by atoms with E-state index in [1.165, 1.54) is 327 Å². The second kappa shape index (κ2) is 84.0. The predicted molar refractivity (Wildman–Crippen MR) is 451 cm³/mol. The van der Waals surface area contributed by atoms with Crippen LogP contribution in [0.25, 0.3) is 0 Å². The van der Waals surface area contributed by atoms with E-state index in [2.05, 4.69) is 27.7 Å². The molecule has 19 heteroatoms. The van der Waals surface area contributed by atoms with Crippen LogP contribution in [0.2, 0.25) is 0 Å². The highest BCUT2D eigenvalue weighted by atomic mass is 31.2. The van der Waals surface area contributed by atoms with Gasteiger partial charge >= 0.3 is 39.5 Å². The van der Waals surface area contributed by atoms with E-state index in [-0.39, 0.29) is 25.7 Å². The predicted octanol–water partition coefficient (Wildman–Crippen LogP) is 28.1. The molecule has 2 unspecified atom stereocenters. The Labute approximate surface area is 670 Å². The topological polar surface area (TPSA) is 237 Å². The van der Waals surface area contributed by atoms with Crippen LogP contribution in [0, 0.1) is 0 Å². The Morgan fingerprint density at radius 2 is 0.367 bits per heavy atom. The molecule has 0 amide bonds. The number of aliphatic hydroxyl groups is 1. The van der Waals surface area contributed by atoms with E-state index in [0.717, 1.165) is 89.9 Å². The lowest BCUT2D eigenvalue weighted by atomic mass is 10.0. The minimum atomic E-state index is -4.97. The molecule has 0 aromatic rings. The van der Waals surface area contributed by atoms with Crippen molar-refractivity contribution in [2.24, 2.45) is 0 Å². The molecule has 648 valence electrons. The van der Waals surface area contributed by atoms with Crippen molar-refractivity contribution in [3.8, 4) is 0 Å². The summed E-state index contributed by atoms with van der Waals surface area (Å²) in [5.74, 6) is -2.09. The zero-order chi connectivity index (χ0) is 79.6. The molecule has 0 aliphatic heterocycles. The van der Waals surface area contributed by atoms with Crippen LogP contribution in [0.5, 0.6) is 0 Å². The third-order valence-electron chi connectivity index (χ3n) is 21.4. The van der Waals surface area contributed by atoms with Gasteiger partial charge in [-0.15, -0.1) is 0 Å². The van der Waals surface area contributed by atoms with Crippen molar-refractivity contribution in [1.82, 2.24) is 0 Å². The molecule has 0 heterocycles. The minimum Gasteiger partial charge on any atom is -0.462 e. The van der Waals surface area contributed by atoms with Crippen LogP contribution in [0.1, 0.15) is 496 Å². The molecule has 0 saturated heterocycles. The Hall–Kier alpha value is -1.94. The molecule has 0 rings (SSSR count). The highest BCUT2D eigenvalue weighted by Crippen LogP contribution is 2.45. The van der Waals surface area contributed by atoms with Gasteiger partial charge in [-0.1, -0.05) is 445 Å². The molecule has 0 saturated carbocycles. The van der Waals surface area contributed by atoms with E-state index in [0.29, 0.717) is 25.7 Å². The van der Waals surface area contributed by atoms with Gasteiger partial charge in [-0.25, -0.2) is 9.13 Å². The lowest BCUT2D eigenvalue weighted by molar-refractivity contribution is -0.161. The van der Waals surface area contributed by atoms with Crippen LogP contribution in [-0.2, 0) is 65.4 Å². The van der Waals surface area contributed by atoms with E-state index in [4.69, 9.17) is 37.0 Å². The Morgan fingerprint density at radius 1 is 0.220 bits per heavy atom. The van der Waals surface area contributed by atoms with Crippen LogP contribution in [-0.4, -0.2) is 96.7 Å². The van der Waals surface area contributed by atoms with Crippen LogP contribution in [0.15, 0.2) is 0 Å². The molecule has 0 radical (unpaired) electrons. The van der Waals surface area contributed by atoms with Gasteiger partial charge in [0.2, 0.25) is 0 Å². The van der Waals surface area contributed by atoms with Gasteiger partial charge in [0.25, 0.3) is 0 Å². The minimum absolute atomic E-state index is 0.110. The molecule has 5 atom stereocenters. The third kappa shape index (κ3) is 83.8. The summed E-state index contributed by atoms with van der Waals surface area (Å²) in [6.07, 6.45) is 80.5. The van der Waals surface area contributed by atoms with Crippen LogP contribution >= 0.6 is 15.6 Å². The fourth-order valence-corrected chi connectivity index (χ4v) is 15.8. The summed E-state index contributed by atoms with van der Waals surface area (Å²) in [7, 11) is -9.93. The van der Waals surface area contributed by atoms with Gasteiger partial charge in [-0.3, -0.25) is 37.3 Å². The number of unbranched alkanes of at least 4 members (excludes halogenated alkanes) is 65. The largest absolute Gasteiger partial charge is 0.472 e. The van der Waals surface area contributed by atoms with E-state index in [1.807, 2.05) is 0 Å². The van der Waals surface area contributed by atoms with Crippen molar-refractivity contribution in [1.29, 1.82) is 0 Å². The summed E-state index contributed by atoms with van der Waals surface area (Å²) in [5.41, 5.74) is 0. The van der Waals surface area contributed by atoms with Gasteiger partial charge in [0.1, 0.15) is 19.3 Å². The SMILES string of the molecule is CCCCCCCCCCCCCCCCCCCCCCC(=O)OC[C@H](COP(=O)(O)OC[C@@H](O)COP(=O)(O)OC[C@@H](COC(=O)CCCCCCCCCCCCCCC)OC(=O)CCCCCCCCCCCCCCCCCC)OC(=O)CCCCCCCCCCCCCCCCCCCCCC. The van der Waals surface area contributed by atoms with Crippen LogP contribution in [0.3, 0.4) is 0 Å². The fourth-order valence-electron chi connectivity index (χ4n) is 14.2. The molecular weight excluding hydrogens is 1410 g/mol. The van der Waals surface area contributed by atoms with Crippen molar-refractivity contribution in [3.63, 3.8) is 0 Å². The zero-order valence-electron chi connectivity index (χ0n) is 71.5. The third-order valence-corrected chi connectivity index (χ3v) is 23.3. The summed E-state index contributed by atoms with van der Waals surface area (Å²) in [5, 5.41) is 10.7. The maximum absolute atomic E-state index is 13.2. The second-order valence-electron chi connectivity index (χ2n) is 32.3. The summed E-state index contributed by atoms with van der Waals surface area (Å²) in [6, 6.07) is 0. The summed E-state index contributed by atoms with van der Waals surface area (Å²) in [4.78, 5) is 73.4. The standard InChI is InChI=1S/C90H176O17P2/c1-5-9-13-17-21-25-29-33-36-39-41-43-45-48-51-55-59-63-67-71-75-88(93)101-81-86(107-90(95)77-73-69-65-61-57-53-49-46-44-42-40-37-34-30-26-22-18-14-10-6-2)83-105-109(98,99)103-79-84(91)78-102-108(96,97)104-82-85(80-100-87(92)74-70-66-62-58-54-50-32-28-24-20-16-12-8-4)106-89(94)76-72-68-64-60-56-52-47-38-35-31-27-23-19-15-11-7-3/h84-86,91H,5-83H2,1-4H3,(H,96,97)(H,98,99)/t84-,85+,86+/m0/s1. The molecule has 3 N–H and O–H groups in total. The first-order valence-corrected chi connectivity index (χ1v) is 49.8. The molecular formula is C90H176O17P2. The van der Waals surface area contributed by atoms with Crippen molar-refractivity contribution in [2.75, 3.05) is 39.6 Å². The van der Waals surface area contributed by atoms with Gasteiger partial charge in [0.05, 0.1) is 26.4 Å². The maximum atomic E-state index is 13.2. The molecule has 0 bridgehead atoms. The smallest absolute Gasteiger partial charge is 0.462 e. The van der Waals surface area contributed by atoms with Crippen molar-refractivity contribution >= 4 is 39.5 Å². The van der Waals surface area contributed by atoms with E-state index in [1.54, 1.807) is 0 Å². The average Bonchev–Trinajstić information content (AvgIpc) is 0.903. The zero-order valence-corrected chi connectivity index (χ0v) is 73.3. The number of carbonyl (C=O) groups is 4. The second-order valence-corrected chi connectivity index (χ2v) is 35.3. The number of hydrogen-bond acceptors (Lipinski definition) is 15. The van der Waals surface area contributed by atoms with E-state index >= 15 is 0 Å². The number of hydrogen-bond donors (Lipinski definition) is 3. The molecule has 0 aliphatic carbocycles. The van der Waals surface area contributed by atoms with E-state index in [9.17, 15) is 43.2 Å². The number of carbonyl (C=O) groups excluding carboxylic acids is 4. The maximum Gasteiger partial charge on any atom is 0.472 e. The van der Waals surface area contributed by atoms with Crippen molar-refractivity contribution in [2.45, 2.75) is 515 Å². The first-order chi connectivity index (χ1) is 53.2. The average molecular weight is 1590 g/mol. The number of ether oxygens (including phenoxy) is 4. The summed E-state index contributed by atoms with van der Waals surface area (Å²) in [6.45, 7) is 5.09. The number of esters is 4. The Kier molecular flexibility index (Phi) is 82.5. The summed E-state index contributed by atoms with van der Waals surface area (Å²) >= 11 is 0. The van der Waals surface area contributed by atoms with Gasteiger partial charge < -0.3 is 33.8 Å². The molecule has 0 aromatic carbocycles. The van der Waals surface area contributed by atoms with Crippen LogP contribution in [0.4, 0.5) is 0 Å². The lowest BCUT2D eigenvalue weighted by Crippen LogP contribution is -2.30. The molecule has 0 aromatic heterocycles. The van der Waals surface area contributed by atoms with Gasteiger partial charge in [0, 0.05) is 25.7 Å². The number of phosphoric ester groups is 2. The van der Waals surface area contributed by atoms with Crippen LogP contribution < -0.4 is 0 Å². The molecule has 17 nitrogen and oxygen atoms in total. The first kappa shape index (κ1) is 107. The molecule has 0 fully saturated rings. The fraction of sp³-hybridized carbons (Fsp3) is 0.956.